The summed E-state index contributed by atoms with van der Waals surface area (Å²) < 4.78 is 11.9. The van der Waals surface area contributed by atoms with Crippen LogP contribution in [0.5, 0.6) is 0 Å². The van der Waals surface area contributed by atoms with Gasteiger partial charge in [0.1, 0.15) is 5.78 Å². The summed E-state index contributed by atoms with van der Waals surface area (Å²) in [6, 6.07) is 0.241. The number of Topliss-reactive ketones (excluding diaryl/α,β-unsaturated/α-hetero) is 1. The lowest BCUT2D eigenvalue weighted by Gasteiger charge is -2.29. The van der Waals surface area contributed by atoms with Crippen molar-refractivity contribution in [2.75, 3.05) is 13.2 Å². The van der Waals surface area contributed by atoms with Crippen molar-refractivity contribution < 1.29 is 19.1 Å². The molecule has 5 nitrogen and oxygen atoms in total. The Morgan fingerprint density at radius 3 is 2.29 bits per heavy atom. The van der Waals surface area contributed by atoms with Crippen molar-refractivity contribution >= 4 is 11.7 Å². The molecule has 0 unspecified atom stereocenters. The highest BCUT2D eigenvalue weighted by molar-refractivity contribution is 5.83. The van der Waals surface area contributed by atoms with Gasteiger partial charge in [0.15, 0.2) is 0 Å². The monoisotopic (exact) mass is 435 g/mol. The van der Waals surface area contributed by atoms with E-state index < -0.39 is 0 Å². The number of carbonyl (C=O) groups excluding carboxylic acids is 2. The van der Waals surface area contributed by atoms with Crippen LogP contribution in [-0.4, -0.2) is 43.2 Å². The summed E-state index contributed by atoms with van der Waals surface area (Å²) in [5, 5.41) is 3.16. The van der Waals surface area contributed by atoms with Crippen molar-refractivity contribution in [1.82, 2.24) is 5.32 Å². The van der Waals surface area contributed by atoms with Crippen LogP contribution in [-0.2, 0) is 19.1 Å². The molecule has 3 aliphatic carbocycles. The second-order valence-electron chi connectivity index (χ2n) is 11.0. The highest BCUT2D eigenvalue weighted by Gasteiger charge is 2.56. The molecule has 0 aromatic rings. The first kappa shape index (κ1) is 24.7. The Morgan fingerprint density at radius 1 is 1.00 bits per heavy atom. The maximum Gasteiger partial charge on any atom is 0.220 e. The van der Waals surface area contributed by atoms with Crippen LogP contribution in [0.25, 0.3) is 0 Å². The molecule has 3 rings (SSSR count). The molecule has 1 spiro atoms. The molecule has 0 heterocycles. The topological polar surface area (TPSA) is 64.6 Å². The van der Waals surface area contributed by atoms with E-state index in [0.29, 0.717) is 42.4 Å². The minimum absolute atomic E-state index is 0.121. The molecule has 0 aromatic heterocycles. The highest BCUT2D eigenvalue weighted by Crippen LogP contribution is 2.59. The van der Waals surface area contributed by atoms with Gasteiger partial charge in [0.25, 0.3) is 0 Å². The number of hydrogen-bond donors (Lipinski definition) is 1. The maximum atomic E-state index is 12.2. The van der Waals surface area contributed by atoms with Gasteiger partial charge in [-0.25, -0.2) is 0 Å². The molecule has 3 aliphatic rings. The zero-order valence-corrected chi connectivity index (χ0v) is 20.3. The molecule has 1 N–H and O–H groups in total. The van der Waals surface area contributed by atoms with Crippen LogP contribution in [0.4, 0.5) is 0 Å². The first-order valence-electron chi connectivity index (χ1n) is 12.9. The lowest BCUT2D eigenvalue weighted by atomic mass is 9.80. The van der Waals surface area contributed by atoms with E-state index in [-0.39, 0.29) is 23.8 Å². The summed E-state index contributed by atoms with van der Waals surface area (Å²) in [5.74, 6) is 1.51. The van der Waals surface area contributed by atoms with Gasteiger partial charge >= 0.3 is 0 Å². The van der Waals surface area contributed by atoms with Crippen molar-refractivity contribution in [1.29, 1.82) is 0 Å². The largest absolute Gasteiger partial charge is 0.381 e. The van der Waals surface area contributed by atoms with Crippen molar-refractivity contribution in [3.8, 4) is 0 Å². The maximum absolute atomic E-state index is 12.2. The Morgan fingerprint density at radius 2 is 1.68 bits per heavy atom. The summed E-state index contributed by atoms with van der Waals surface area (Å²) in [7, 11) is 0. The van der Waals surface area contributed by atoms with Gasteiger partial charge in [-0.2, -0.15) is 0 Å². The summed E-state index contributed by atoms with van der Waals surface area (Å²) in [5.41, 5.74) is 0.486. The fourth-order valence-corrected chi connectivity index (χ4v) is 5.65. The Kier molecular flexibility index (Phi) is 8.98. The van der Waals surface area contributed by atoms with Gasteiger partial charge in [-0.1, -0.05) is 13.8 Å². The van der Waals surface area contributed by atoms with E-state index in [0.717, 1.165) is 38.7 Å². The number of ether oxygens (including phenoxy) is 2. The van der Waals surface area contributed by atoms with Crippen molar-refractivity contribution in [3.63, 3.8) is 0 Å². The normalized spacial score (nSPS) is 33.1. The summed E-state index contributed by atoms with van der Waals surface area (Å²) in [6.45, 7) is 9.73. The van der Waals surface area contributed by atoms with E-state index in [4.69, 9.17) is 9.47 Å². The number of hydrogen-bond acceptors (Lipinski definition) is 4. The SMILES string of the molecule is CC(C)O[C@@H]1CC12CCC(COCCCC(=O)NC1CCC(C(=O)C(C)C)CC1)CC2. The van der Waals surface area contributed by atoms with Gasteiger partial charge in [0, 0.05) is 37.5 Å². The zero-order valence-electron chi connectivity index (χ0n) is 20.3. The van der Waals surface area contributed by atoms with Crippen molar-refractivity contribution in [2.45, 2.75) is 117 Å². The molecule has 0 bridgehead atoms. The average molecular weight is 436 g/mol. The summed E-state index contributed by atoms with van der Waals surface area (Å²) in [6.07, 6.45) is 12.2. The molecule has 3 fully saturated rings. The van der Waals surface area contributed by atoms with Crippen molar-refractivity contribution in [3.05, 3.63) is 0 Å². The third-order valence-electron chi connectivity index (χ3n) is 7.76. The predicted molar refractivity (Wildman–Crippen MR) is 123 cm³/mol. The molecule has 5 heteroatoms. The Hall–Kier alpha value is -0.940. The molecule has 0 aliphatic heterocycles. The van der Waals surface area contributed by atoms with Crippen LogP contribution in [0, 0.1) is 23.2 Å². The quantitative estimate of drug-likeness (QED) is 0.461. The second-order valence-corrected chi connectivity index (χ2v) is 11.0. The summed E-state index contributed by atoms with van der Waals surface area (Å²) in [4.78, 5) is 24.4. The standard InChI is InChI=1S/C26H45NO4/c1-18(2)25(29)21-7-9-22(10-8-21)27-24(28)6-5-15-30-17-20-11-13-26(14-12-20)16-23(26)31-19(3)4/h18-23H,5-17H2,1-4H3,(H,27,28)/t20?,21?,22?,23-,26?/m1/s1. The number of nitrogens with one attached hydrogen (secondary N) is 1. The van der Waals surface area contributed by atoms with E-state index >= 15 is 0 Å². The number of carbonyl (C=O) groups is 2. The van der Waals surface area contributed by atoms with Gasteiger partial charge in [-0.05, 0) is 89.4 Å². The van der Waals surface area contributed by atoms with Gasteiger partial charge in [-0.3, -0.25) is 9.59 Å². The first-order chi connectivity index (χ1) is 14.8. The predicted octanol–water partition coefficient (Wildman–Crippen LogP) is 5.06. The minimum atomic E-state index is 0.121. The lowest BCUT2D eigenvalue weighted by Crippen LogP contribution is -2.39. The van der Waals surface area contributed by atoms with Crippen LogP contribution >= 0.6 is 0 Å². The van der Waals surface area contributed by atoms with Crippen LogP contribution in [0.3, 0.4) is 0 Å². The van der Waals surface area contributed by atoms with Crippen LogP contribution < -0.4 is 5.32 Å². The van der Waals surface area contributed by atoms with Crippen LogP contribution in [0.15, 0.2) is 0 Å². The van der Waals surface area contributed by atoms with Gasteiger partial charge < -0.3 is 14.8 Å². The van der Waals surface area contributed by atoms with E-state index in [1.165, 1.54) is 32.1 Å². The molecule has 0 radical (unpaired) electrons. The molecule has 31 heavy (non-hydrogen) atoms. The van der Waals surface area contributed by atoms with E-state index in [1.807, 2.05) is 13.8 Å². The third kappa shape index (κ3) is 7.28. The fourth-order valence-electron chi connectivity index (χ4n) is 5.65. The molecule has 178 valence electrons. The first-order valence-corrected chi connectivity index (χ1v) is 12.9. The second kappa shape index (κ2) is 11.3. The van der Waals surface area contributed by atoms with E-state index in [9.17, 15) is 9.59 Å². The van der Waals surface area contributed by atoms with Crippen LogP contribution in [0.2, 0.25) is 0 Å². The number of ketones is 1. The highest BCUT2D eigenvalue weighted by atomic mass is 16.5. The Labute approximate surface area is 189 Å². The van der Waals surface area contributed by atoms with E-state index in [1.54, 1.807) is 0 Å². The minimum Gasteiger partial charge on any atom is -0.381 e. The van der Waals surface area contributed by atoms with Crippen LogP contribution in [0.1, 0.15) is 98.3 Å². The molecular formula is C26H45NO4. The third-order valence-corrected chi connectivity index (χ3v) is 7.76. The molecule has 3 saturated carbocycles. The van der Waals surface area contributed by atoms with Crippen molar-refractivity contribution in [2.24, 2.45) is 23.2 Å². The van der Waals surface area contributed by atoms with Gasteiger partial charge in [0.05, 0.1) is 12.2 Å². The molecule has 1 amide bonds. The molecule has 1 atom stereocenters. The van der Waals surface area contributed by atoms with E-state index in [2.05, 4.69) is 19.2 Å². The lowest BCUT2D eigenvalue weighted by molar-refractivity contribution is -0.127. The summed E-state index contributed by atoms with van der Waals surface area (Å²) >= 11 is 0. The number of amides is 1. The molecular weight excluding hydrogens is 390 g/mol. The Bertz CT molecular complexity index is 586. The molecule has 0 aromatic carbocycles. The smallest absolute Gasteiger partial charge is 0.220 e. The fraction of sp³-hybridized carbons (Fsp3) is 0.923. The van der Waals surface area contributed by atoms with Gasteiger partial charge in [-0.15, -0.1) is 0 Å². The average Bonchev–Trinajstić information content (AvgIpc) is 3.39. The Balaban J connectivity index is 1.19. The zero-order chi connectivity index (χ0) is 22.4. The molecule has 0 saturated heterocycles. The van der Waals surface area contributed by atoms with Gasteiger partial charge in [0.2, 0.25) is 5.91 Å². The number of rotatable bonds is 11.